The number of hydrogen-bond acceptors (Lipinski definition) is 1. The van der Waals surface area contributed by atoms with Crippen molar-refractivity contribution in [2.24, 2.45) is 0 Å². The standard InChI is InChI=1S/C12H17ClFN/c1-9-7-10(5-3-4-6-15-2)11(13)8-12(9)14/h7-8,15H,3-6H2,1-2H3. The third-order valence-corrected chi connectivity index (χ3v) is 2.80. The molecule has 0 spiro atoms. The van der Waals surface area contributed by atoms with Crippen molar-refractivity contribution in [2.75, 3.05) is 13.6 Å². The van der Waals surface area contributed by atoms with Gasteiger partial charge in [-0.15, -0.1) is 0 Å². The van der Waals surface area contributed by atoms with Crippen molar-refractivity contribution in [3.63, 3.8) is 0 Å². The molecule has 0 aliphatic carbocycles. The number of benzene rings is 1. The topological polar surface area (TPSA) is 12.0 Å². The Bertz CT molecular complexity index is 326. The first kappa shape index (κ1) is 12.5. The second-order valence-electron chi connectivity index (χ2n) is 3.75. The highest BCUT2D eigenvalue weighted by Crippen LogP contribution is 2.21. The Labute approximate surface area is 95.6 Å². The molecule has 3 heteroatoms. The highest BCUT2D eigenvalue weighted by Gasteiger charge is 2.05. The van der Waals surface area contributed by atoms with Crippen LogP contribution >= 0.6 is 11.6 Å². The van der Waals surface area contributed by atoms with Gasteiger partial charge < -0.3 is 5.32 Å². The highest BCUT2D eigenvalue weighted by molar-refractivity contribution is 6.31. The van der Waals surface area contributed by atoms with Crippen LogP contribution in [0.1, 0.15) is 24.0 Å². The van der Waals surface area contributed by atoms with E-state index in [1.54, 1.807) is 6.92 Å². The van der Waals surface area contributed by atoms with E-state index >= 15 is 0 Å². The van der Waals surface area contributed by atoms with E-state index in [0.29, 0.717) is 10.6 Å². The van der Waals surface area contributed by atoms with Crippen LogP contribution in [0.5, 0.6) is 0 Å². The van der Waals surface area contributed by atoms with Gasteiger partial charge in [-0.05, 0) is 57.0 Å². The van der Waals surface area contributed by atoms with Crippen molar-refractivity contribution in [3.8, 4) is 0 Å². The zero-order valence-electron chi connectivity index (χ0n) is 9.24. The van der Waals surface area contributed by atoms with Crippen molar-refractivity contribution in [2.45, 2.75) is 26.2 Å². The summed E-state index contributed by atoms with van der Waals surface area (Å²) in [6.07, 6.45) is 3.11. The molecule has 0 saturated heterocycles. The summed E-state index contributed by atoms with van der Waals surface area (Å²) in [7, 11) is 1.94. The minimum atomic E-state index is -0.223. The minimum absolute atomic E-state index is 0.223. The van der Waals surface area contributed by atoms with Gasteiger partial charge in [-0.25, -0.2) is 4.39 Å². The van der Waals surface area contributed by atoms with E-state index in [0.717, 1.165) is 31.4 Å². The van der Waals surface area contributed by atoms with Crippen molar-refractivity contribution in [1.29, 1.82) is 0 Å². The lowest BCUT2D eigenvalue weighted by molar-refractivity contribution is 0.616. The largest absolute Gasteiger partial charge is 0.320 e. The van der Waals surface area contributed by atoms with Gasteiger partial charge in [0.15, 0.2) is 0 Å². The zero-order chi connectivity index (χ0) is 11.3. The summed E-state index contributed by atoms with van der Waals surface area (Å²) in [5.41, 5.74) is 1.72. The molecule has 0 aliphatic heterocycles. The van der Waals surface area contributed by atoms with Crippen molar-refractivity contribution in [1.82, 2.24) is 5.32 Å². The first-order valence-electron chi connectivity index (χ1n) is 5.24. The normalized spacial score (nSPS) is 10.7. The fourth-order valence-corrected chi connectivity index (χ4v) is 1.77. The molecule has 0 unspecified atom stereocenters. The fourth-order valence-electron chi connectivity index (χ4n) is 1.53. The number of unbranched alkanes of at least 4 members (excludes halogenated alkanes) is 1. The monoisotopic (exact) mass is 229 g/mol. The number of nitrogens with one attached hydrogen (secondary N) is 1. The molecular formula is C12H17ClFN. The van der Waals surface area contributed by atoms with Crippen LogP contribution < -0.4 is 5.32 Å². The Hall–Kier alpha value is -0.600. The van der Waals surface area contributed by atoms with E-state index in [-0.39, 0.29) is 5.82 Å². The van der Waals surface area contributed by atoms with Crippen LogP contribution in [0.2, 0.25) is 5.02 Å². The number of rotatable bonds is 5. The molecule has 1 rings (SSSR count). The van der Waals surface area contributed by atoms with Crippen molar-refractivity contribution < 1.29 is 4.39 Å². The molecule has 84 valence electrons. The summed E-state index contributed by atoms with van der Waals surface area (Å²) in [5, 5.41) is 3.64. The highest BCUT2D eigenvalue weighted by atomic mass is 35.5. The van der Waals surface area contributed by atoms with E-state index in [9.17, 15) is 4.39 Å². The molecule has 0 aromatic heterocycles. The Morgan fingerprint density at radius 1 is 1.33 bits per heavy atom. The second kappa shape index (κ2) is 6.09. The van der Waals surface area contributed by atoms with Gasteiger partial charge in [0.05, 0.1) is 0 Å². The van der Waals surface area contributed by atoms with Crippen molar-refractivity contribution in [3.05, 3.63) is 34.1 Å². The van der Waals surface area contributed by atoms with Crippen LogP contribution in [0, 0.1) is 12.7 Å². The second-order valence-corrected chi connectivity index (χ2v) is 4.16. The zero-order valence-corrected chi connectivity index (χ0v) is 9.99. The maximum Gasteiger partial charge on any atom is 0.127 e. The van der Waals surface area contributed by atoms with Crippen LogP contribution in [0.25, 0.3) is 0 Å². The molecular weight excluding hydrogens is 213 g/mol. The lowest BCUT2D eigenvalue weighted by Crippen LogP contribution is -2.07. The van der Waals surface area contributed by atoms with Crippen LogP contribution in [-0.4, -0.2) is 13.6 Å². The Balaban J connectivity index is 2.57. The average Bonchev–Trinajstić information content (AvgIpc) is 2.20. The van der Waals surface area contributed by atoms with E-state index in [1.807, 2.05) is 13.1 Å². The molecule has 0 bridgehead atoms. The van der Waals surface area contributed by atoms with Gasteiger partial charge in [-0.1, -0.05) is 17.7 Å². The molecule has 0 aliphatic rings. The van der Waals surface area contributed by atoms with E-state index in [1.165, 1.54) is 6.07 Å². The summed E-state index contributed by atoms with van der Waals surface area (Å²) in [4.78, 5) is 0. The molecule has 1 nitrogen and oxygen atoms in total. The lowest BCUT2D eigenvalue weighted by atomic mass is 10.1. The molecule has 1 aromatic rings. The molecule has 0 amide bonds. The maximum atomic E-state index is 13.1. The molecule has 1 N–H and O–H groups in total. The summed E-state index contributed by atoms with van der Waals surface area (Å²) in [6, 6.07) is 3.25. The van der Waals surface area contributed by atoms with Gasteiger partial charge in [0, 0.05) is 5.02 Å². The fraction of sp³-hybridized carbons (Fsp3) is 0.500. The SMILES string of the molecule is CNCCCCc1cc(C)c(F)cc1Cl. The van der Waals surface area contributed by atoms with E-state index < -0.39 is 0 Å². The Morgan fingerprint density at radius 3 is 2.73 bits per heavy atom. The maximum absolute atomic E-state index is 13.1. The van der Waals surface area contributed by atoms with Gasteiger partial charge in [-0.3, -0.25) is 0 Å². The van der Waals surface area contributed by atoms with Gasteiger partial charge in [0.25, 0.3) is 0 Å². The van der Waals surface area contributed by atoms with Gasteiger partial charge in [0.2, 0.25) is 0 Å². The van der Waals surface area contributed by atoms with Crippen molar-refractivity contribution >= 4 is 11.6 Å². The molecule has 0 atom stereocenters. The average molecular weight is 230 g/mol. The summed E-state index contributed by atoms with van der Waals surface area (Å²) >= 11 is 5.96. The van der Waals surface area contributed by atoms with E-state index in [4.69, 9.17) is 11.6 Å². The predicted molar refractivity (Wildman–Crippen MR) is 63.0 cm³/mol. The third-order valence-electron chi connectivity index (χ3n) is 2.45. The lowest BCUT2D eigenvalue weighted by Gasteiger charge is -2.06. The summed E-state index contributed by atoms with van der Waals surface area (Å²) in [5.74, 6) is -0.223. The van der Waals surface area contributed by atoms with Gasteiger partial charge in [-0.2, -0.15) is 0 Å². The van der Waals surface area contributed by atoms with Crippen LogP contribution in [0.3, 0.4) is 0 Å². The number of aryl methyl sites for hydroxylation is 2. The molecule has 0 heterocycles. The van der Waals surface area contributed by atoms with Gasteiger partial charge >= 0.3 is 0 Å². The number of halogens is 2. The van der Waals surface area contributed by atoms with Crippen LogP contribution in [-0.2, 0) is 6.42 Å². The van der Waals surface area contributed by atoms with Crippen LogP contribution in [0.15, 0.2) is 12.1 Å². The predicted octanol–water partition coefficient (Wildman–Crippen LogP) is 3.33. The van der Waals surface area contributed by atoms with Crippen LogP contribution in [0.4, 0.5) is 4.39 Å². The molecule has 1 aromatic carbocycles. The minimum Gasteiger partial charge on any atom is -0.320 e. The third kappa shape index (κ3) is 3.80. The quantitative estimate of drug-likeness (QED) is 0.764. The smallest absolute Gasteiger partial charge is 0.127 e. The Kier molecular flexibility index (Phi) is 5.06. The number of hydrogen-bond donors (Lipinski definition) is 1. The van der Waals surface area contributed by atoms with E-state index in [2.05, 4.69) is 5.32 Å². The first-order chi connectivity index (χ1) is 7.15. The molecule has 0 fully saturated rings. The summed E-state index contributed by atoms with van der Waals surface area (Å²) < 4.78 is 13.1. The first-order valence-corrected chi connectivity index (χ1v) is 5.62. The molecule has 0 radical (unpaired) electrons. The summed E-state index contributed by atoms with van der Waals surface area (Å²) in [6.45, 7) is 2.78. The Morgan fingerprint density at radius 2 is 2.07 bits per heavy atom. The molecule has 0 saturated carbocycles. The van der Waals surface area contributed by atoms with Gasteiger partial charge in [0.1, 0.15) is 5.82 Å². The molecule has 15 heavy (non-hydrogen) atoms.